The molecule has 0 saturated carbocycles. The predicted molar refractivity (Wildman–Crippen MR) is 93.4 cm³/mol. The van der Waals surface area contributed by atoms with Crippen molar-refractivity contribution in [3.63, 3.8) is 0 Å². The van der Waals surface area contributed by atoms with E-state index in [4.69, 9.17) is 0 Å². The number of nitrogens with one attached hydrogen (secondary N) is 1. The average molecular weight is 342 g/mol. The van der Waals surface area contributed by atoms with Gasteiger partial charge in [-0.05, 0) is 37.6 Å². The molecule has 1 aliphatic heterocycles. The number of nitrogens with zero attached hydrogens (tertiary/aromatic N) is 1. The topological polar surface area (TPSA) is 69.6 Å². The van der Waals surface area contributed by atoms with Crippen LogP contribution in [0.5, 0.6) is 5.75 Å². The Bertz CT molecular complexity index is 791. The van der Waals surface area contributed by atoms with Gasteiger partial charge in [-0.25, -0.2) is 5.01 Å². The molecule has 0 spiro atoms. The maximum absolute atomic E-state index is 12.4. The van der Waals surface area contributed by atoms with Crippen LogP contribution in [-0.4, -0.2) is 27.7 Å². The number of aromatic hydroxyl groups is 1. The number of carbonyl (C=O) groups is 2. The van der Waals surface area contributed by atoms with Gasteiger partial charge in [0.15, 0.2) is 0 Å². The Morgan fingerprint density at radius 3 is 2.62 bits per heavy atom. The summed E-state index contributed by atoms with van der Waals surface area (Å²) in [5.74, 6) is -0.284. The van der Waals surface area contributed by atoms with Crippen molar-refractivity contribution in [3.8, 4) is 5.75 Å². The second kappa shape index (κ2) is 6.20. The normalized spacial score (nSPS) is 20.2. The van der Waals surface area contributed by atoms with Crippen LogP contribution in [-0.2, 0) is 9.67 Å². The number of phenolic OH excluding ortho intramolecular Hbond substituents is 1. The first-order chi connectivity index (χ1) is 11.4. The molecule has 124 valence electrons. The van der Waals surface area contributed by atoms with Crippen LogP contribution in [0.1, 0.15) is 28.4 Å². The molecule has 0 bridgehead atoms. The van der Waals surface area contributed by atoms with Gasteiger partial charge >= 0.3 is 0 Å². The van der Waals surface area contributed by atoms with Crippen LogP contribution in [0.3, 0.4) is 0 Å². The molecule has 1 heterocycles. The molecule has 0 aromatic heterocycles. The van der Waals surface area contributed by atoms with Gasteiger partial charge in [0.25, 0.3) is 11.8 Å². The maximum atomic E-state index is 12.4. The van der Waals surface area contributed by atoms with E-state index in [-0.39, 0.29) is 11.7 Å². The van der Waals surface area contributed by atoms with E-state index in [1.165, 1.54) is 28.9 Å². The van der Waals surface area contributed by atoms with Crippen molar-refractivity contribution in [2.45, 2.75) is 18.7 Å². The van der Waals surface area contributed by atoms with Gasteiger partial charge in [-0.15, -0.1) is 11.8 Å². The summed E-state index contributed by atoms with van der Waals surface area (Å²) >= 11 is 1.47. The van der Waals surface area contributed by atoms with Gasteiger partial charge in [0.2, 0.25) is 0 Å². The molecule has 2 N–H and O–H groups in total. The Morgan fingerprint density at radius 1 is 1.25 bits per heavy atom. The Balaban J connectivity index is 1.88. The lowest BCUT2D eigenvalue weighted by Gasteiger charge is -2.34. The number of rotatable bonds is 3. The lowest BCUT2D eigenvalue weighted by Crippen LogP contribution is -2.51. The molecule has 1 saturated heterocycles. The van der Waals surface area contributed by atoms with Crippen LogP contribution in [0, 0.1) is 6.92 Å². The van der Waals surface area contributed by atoms with Gasteiger partial charge in [-0.2, -0.15) is 0 Å². The number of benzene rings is 2. The first-order valence-corrected chi connectivity index (χ1v) is 8.53. The molecule has 2 amide bonds. The van der Waals surface area contributed by atoms with Gasteiger partial charge in [0.1, 0.15) is 10.6 Å². The zero-order valence-electron chi connectivity index (χ0n) is 13.4. The second-order valence-corrected chi connectivity index (χ2v) is 7.23. The zero-order chi connectivity index (χ0) is 17.3. The van der Waals surface area contributed by atoms with E-state index < -0.39 is 10.8 Å². The summed E-state index contributed by atoms with van der Waals surface area (Å²) < 4.78 is 0. The summed E-state index contributed by atoms with van der Waals surface area (Å²) in [6.07, 6.45) is 0. The smallest absolute Gasteiger partial charge is 0.270 e. The highest BCUT2D eigenvalue weighted by Gasteiger charge is 2.45. The molecule has 2 aromatic carbocycles. The number of thioether (sulfide) groups is 1. The Hall–Kier alpha value is -2.47. The number of hydrogen-bond acceptors (Lipinski definition) is 4. The van der Waals surface area contributed by atoms with Crippen molar-refractivity contribution in [2.24, 2.45) is 0 Å². The van der Waals surface area contributed by atoms with Crippen LogP contribution in [0.2, 0.25) is 0 Å². The molecule has 1 aliphatic rings. The Morgan fingerprint density at radius 2 is 1.96 bits per heavy atom. The number of carbonyl (C=O) groups excluding carboxylic acids is 2. The molecule has 0 aliphatic carbocycles. The summed E-state index contributed by atoms with van der Waals surface area (Å²) in [6.45, 7) is 3.91. The number of hydrazine groups is 1. The summed E-state index contributed by atoms with van der Waals surface area (Å²) in [5, 5.41) is 10.9. The zero-order valence-corrected chi connectivity index (χ0v) is 14.3. The molecule has 24 heavy (non-hydrogen) atoms. The van der Waals surface area contributed by atoms with Crippen LogP contribution < -0.4 is 5.43 Å². The number of hydrogen-bond donors (Lipinski definition) is 2. The molecule has 0 radical (unpaired) electrons. The molecular weight excluding hydrogens is 324 g/mol. The highest BCUT2D eigenvalue weighted by molar-refractivity contribution is 8.01. The fraction of sp³-hybridized carbons (Fsp3) is 0.222. The third kappa shape index (κ3) is 2.97. The Kier molecular flexibility index (Phi) is 4.24. The van der Waals surface area contributed by atoms with Crippen molar-refractivity contribution in [1.29, 1.82) is 0 Å². The average Bonchev–Trinajstić information content (AvgIpc) is 2.85. The first kappa shape index (κ1) is 16.4. The minimum absolute atomic E-state index is 0.00562. The fourth-order valence-corrected chi connectivity index (χ4v) is 3.74. The fourth-order valence-electron chi connectivity index (χ4n) is 2.63. The summed E-state index contributed by atoms with van der Waals surface area (Å²) in [7, 11) is 0. The van der Waals surface area contributed by atoms with E-state index in [1.807, 2.05) is 38.1 Å². The van der Waals surface area contributed by atoms with Crippen molar-refractivity contribution in [2.75, 3.05) is 5.75 Å². The van der Waals surface area contributed by atoms with Crippen molar-refractivity contribution in [1.82, 2.24) is 10.4 Å². The number of aryl methyl sites for hydroxylation is 1. The third-order valence-electron chi connectivity index (χ3n) is 4.06. The minimum atomic E-state index is -0.669. The lowest BCUT2D eigenvalue weighted by atomic mass is 10.1. The van der Waals surface area contributed by atoms with Crippen LogP contribution in [0.15, 0.2) is 48.5 Å². The van der Waals surface area contributed by atoms with Gasteiger partial charge in [0.05, 0.1) is 5.75 Å². The molecule has 1 unspecified atom stereocenters. The standard InChI is InChI=1S/C18H18N2O3S/c1-12-6-8-14(9-7-12)18(2)20(16(22)11-24-18)19-17(23)13-4-3-5-15(21)10-13/h3-10,21H,11H2,1-2H3,(H,19,23). The lowest BCUT2D eigenvalue weighted by molar-refractivity contribution is -0.132. The monoisotopic (exact) mass is 342 g/mol. The molecule has 1 fully saturated rings. The van der Waals surface area contributed by atoms with Crippen molar-refractivity contribution in [3.05, 3.63) is 65.2 Å². The SMILES string of the molecule is Cc1ccc(C2(C)SCC(=O)N2NC(=O)c2cccc(O)c2)cc1. The second-order valence-electron chi connectivity index (χ2n) is 5.86. The van der Waals surface area contributed by atoms with E-state index in [2.05, 4.69) is 5.43 Å². The molecule has 5 nitrogen and oxygen atoms in total. The van der Waals surface area contributed by atoms with Gasteiger partial charge < -0.3 is 5.11 Å². The van der Waals surface area contributed by atoms with E-state index in [0.29, 0.717) is 11.3 Å². The van der Waals surface area contributed by atoms with Crippen molar-refractivity contribution < 1.29 is 14.7 Å². The highest BCUT2D eigenvalue weighted by atomic mass is 32.2. The summed E-state index contributed by atoms with van der Waals surface area (Å²) in [4.78, 5) is 24.1. The Labute approximate surface area is 144 Å². The van der Waals surface area contributed by atoms with E-state index in [1.54, 1.807) is 12.1 Å². The summed E-state index contributed by atoms with van der Waals surface area (Å²) in [6, 6.07) is 13.9. The highest BCUT2D eigenvalue weighted by Crippen LogP contribution is 2.43. The van der Waals surface area contributed by atoms with Gasteiger partial charge in [-0.1, -0.05) is 35.9 Å². The quantitative estimate of drug-likeness (QED) is 0.900. The van der Waals surface area contributed by atoms with Crippen LogP contribution in [0.25, 0.3) is 0 Å². The van der Waals surface area contributed by atoms with Crippen molar-refractivity contribution >= 4 is 23.6 Å². The maximum Gasteiger partial charge on any atom is 0.270 e. The predicted octanol–water partition coefficient (Wildman–Crippen LogP) is 2.79. The molecule has 3 rings (SSSR count). The first-order valence-electron chi connectivity index (χ1n) is 7.54. The molecule has 1 atom stereocenters. The van der Waals surface area contributed by atoms with E-state index in [0.717, 1.165) is 11.1 Å². The molecular formula is C18H18N2O3S. The van der Waals surface area contributed by atoms with Gasteiger partial charge in [-0.3, -0.25) is 15.0 Å². The molecule has 6 heteroatoms. The summed E-state index contributed by atoms with van der Waals surface area (Å²) in [5.41, 5.74) is 5.06. The minimum Gasteiger partial charge on any atom is -0.508 e. The largest absolute Gasteiger partial charge is 0.508 e. The van der Waals surface area contributed by atoms with Crippen LogP contribution in [0.4, 0.5) is 0 Å². The van der Waals surface area contributed by atoms with E-state index >= 15 is 0 Å². The number of amides is 2. The van der Waals surface area contributed by atoms with Gasteiger partial charge in [0, 0.05) is 5.56 Å². The number of phenols is 1. The molecule has 2 aromatic rings. The van der Waals surface area contributed by atoms with Crippen LogP contribution >= 0.6 is 11.8 Å². The third-order valence-corrected chi connectivity index (χ3v) is 5.43. The van der Waals surface area contributed by atoms with E-state index in [9.17, 15) is 14.7 Å².